The van der Waals surface area contributed by atoms with E-state index in [0.29, 0.717) is 23.0 Å². The van der Waals surface area contributed by atoms with E-state index in [2.05, 4.69) is 18.4 Å². The summed E-state index contributed by atoms with van der Waals surface area (Å²) < 4.78 is 2.29. The first kappa shape index (κ1) is 13.2. The lowest BCUT2D eigenvalue weighted by molar-refractivity contribution is 0.0699. The summed E-state index contributed by atoms with van der Waals surface area (Å²) in [5.41, 5.74) is 1.93. The molecule has 1 aromatic heterocycles. The molecule has 1 heterocycles. The van der Waals surface area contributed by atoms with E-state index in [-0.39, 0.29) is 0 Å². The van der Waals surface area contributed by atoms with Crippen molar-refractivity contribution < 1.29 is 9.90 Å². The molecule has 0 amide bonds. The second-order valence-electron chi connectivity index (χ2n) is 5.56. The molecule has 0 bridgehead atoms. The van der Waals surface area contributed by atoms with Crippen molar-refractivity contribution in [2.45, 2.75) is 51.5 Å². The van der Waals surface area contributed by atoms with Gasteiger partial charge in [-0.25, -0.2) is 9.78 Å². The van der Waals surface area contributed by atoms with E-state index in [1.165, 1.54) is 12.8 Å². The van der Waals surface area contributed by atoms with Crippen molar-refractivity contribution in [3.8, 4) is 0 Å². The molecule has 1 aliphatic carbocycles. The number of aromatic carboxylic acids is 1. The maximum atomic E-state index is 11.4. The zero-order valence-electron chi connectivity index (χ0n) is 12.0. The Kier molecular flexibility index (Phi) is 3.24. The van der Waals surface area contributed by atoms with Crippen molar-refractivity contribution in [3.05, 3.63) is 29.6 Å². The van der Waals surface area contributed by atoms with Gasteiger partial charge < -0.3 is 9.67 Å². The number of nitrogens with zero attached hydrogens (tertiary/aromatic N) is 2. The van der Waals surface area contributed by atoms with E-state index in [1.54, 1.807) is 6.07 Å². The SMILES string of the molecule is CCC(CC)n1c(C2CC2)nc2c(C(=O)O)cccc21. The minimum Gasteiger partial charge on any atom is -0.478 e. The first-order valence-electron chi connectivity index (χ1n) is 7.41. The number of benzene rings is 1. The fourth-order valence-corrected chi connectivity index (χ4v) is 2.97. The summed E-state index contributed by atoms with van der Waals surface area (Å²) in [6.45, 7) is 4.36. The molecule has 1 saturated carbocycles. The van der Waals surface area contributed by atoms with Crippen LogP contribution in [-0.2, 0) is 0 Å². The van der Waals surface area contributed by atoms with Gasteiger partial charge in [0, 0.05) is 12.0 Å². The molecule has 1 fully saturated rings. The van der Waals surface area contributed by atoms with E-state index in [4.69, 9.17) is 4.98 Å². The molecule has 1 N–H and O–H groups in total. The number of imidazole rings is 1. The third kappa shape index (κ3) is 1.99. The second-order valence-corrected chi connectivity index (χ2v) is 5.56. The number of fused-ring (bicyclic) bond motifs is 1. The topological polar surface area (TPSA) is 55.1 Å². The maximum Gasteiger partial charge on any atom is 0.337 e. The average Bonchev–Trinajstić information content (AvgIpc) is 3.22. The maximum absolute atomic E-state index is 11.4. The Hall–Kier alpha value is -1.84. The number of para-hydroxylation sites is 1. The highest BCUT2D eigenvalue weighted by atomic mass is 16.4. The molecule has 0 radical (unpaired) electrons. The summed E-state index contributed by atoms with van der Waals surface area (Å²) in [5.74, 6) is 0.708. The largest absolute Gasteiger partial charge is 0.478 e. The number of carbonyl (C=O) groups is 1. The van der Waals surface area contributed by atoms with Gasteiger partial charge in [-0.1, -0.05) is 19.9 Å². The van der Waals surface area contributed by atoms with Gasteiger partial charge in [-0.05, 0) is 37.8 Å². The van der Waals surface area contributed by atoms with Crippen LogP contribution >= 0.6 is 0 Å². The van der Waals surface area contributed by atoms with Crippen LogP contribution in [0.3, 0.4) is 0 Å². The van der Waals surface area contributed by atoms with E-state index in [0.717, 1.165) is 24.2 Å². The molecule has 0 spiro atoms. The lowest BCUT2D eigenvalue weighted by atomic mass is 10.1. The van der Waals surface area contributed by atoms with Crippen molar-refractivity contribution in [2.75, 3.05) is 0 Å². The van der Waals surface area contributed by atoms with Crippen molar-refractivity contribution in [1.82, 2.24) is 9.55 Å². The molecule has 0 atom stereocenters. The molecule has 4 heteroatoms. The summed E-state index contributed by atoms with van der Waals surface area (Å²) in [5, 5.41) is 9.34. The normalized spacial score (nSPS) is 15.2. The predicted octanol–water partition coefficient (Wildman–Crippen LogP) is 3.97. The van der Waals surface area contributed by atoms with E-state index < -0.39 is 5.97 Å². The van der Waals surface area contributed by atoms with Crippen LogP contribution in [0, 0.1) is 0 Å². The zero-order chi connectivity index (χ0) is 14.3. The Bertz CT molecular complexity index is 652. The predicted molar refractivity (Wildman–Crippen MR) is 78.3 cm³/mol. The first-order chi connectivity index (χ1) is 9.67. The van der Waals surface area contributed by atoms with Crippen LogP contribution in [0.25, 0.3) is 11.0 Å². The molecule has 1 aromatic carbocycles. The van der Waals surface area contributed by atoms with E-state index >= 15 is 0 Å². The van der Waals surface area contributed by atoms with Crippen LogP contribution in [0.1, 0.15) is 67.7 Å². The molecule has 106 valence electrons. The van der Waals surface area contributed by atoms with Crippen LogP contribution in [0.15, 0.2) is 18.2 Å². The van der Waals surface area contributed by atoms with Gasteiger partial charge >= 0.3 is 5.97 Å². The fraction of sp³-hybridized carbons (Fsp3) is 0.500. The van der Waals surface area contributed by atoms with Crippen LogP contribution in [-0.4, -0.2) is 20.6 Å². The molecule has 3 rings (SSSR count). The molecular weight excluding hydrogens is 252 g/mol. The number of rotatable bonds is 5. The quantitative estimate of drug-likeness (QED) is 0.895. The Morgan fingerprint density at radius 1 is 1.40 bits per heavy atom. The highest BCUT2D eigenvalue weighted by Crippen LogP contribution is 2.42. The Balaban J connectivity index is 2.27. The summed E-state index contributed by atoms with van der Waals surface area (Å²) in [6.07, 6.45) is 4.43. The summed E-state index contributed by atoms with van der Waals surface area (Å²) >= 11 is 0. The van der Waals surface area contributed by atoms with Crippen molar-refractivity contribution in [3.63, 3.8) is 0 Å². The first-order valence-corrected chi connectivity index (χ1v) is 7.41. The minimum absolute atomic E-state index is 0.314. The number of hydrogen-bond donors (Lipinski definition) is 1. The molecule has 0 aliphatic heterocycles. The van der Waals surface area contributed by atoms with Crippen LogP contribution < -0.4 is 0 Å². The highest BCUT2D eigenvalue weighted by molar-refractivity contribution is 6.01. The fourth-order valence-electron chi connectivity index (χ4n) is 2.97. The molecule has 20 heavy (non-hydrogen) atoms. The Labute approximate surface area is 118 Å². The van der Waals surface area contributed by atoms with E-state index in [1.807, 2.05) is 12.1 Å². The van der Waals surface area contributed by atoms with E-state index in [9.17, 15) is 9.90 Å². The number of carboxylic acids is 1. The van der Waals surface area contributed by atoms with Gasteiger partial charge in [0.1, 0.15) is 11.3 Å². The third-order valence-electron chi connectivity index (χ3n) is 4.23. The average molecular weight is 272 g/mol. The lowest BCUT2D eigenvalue weighted by Crippen LogP contribution is -2.10. The molecule has 1 aliphatic rings. The number of carboxylic acid groups (broad SMARTS) is 1. The standard InChI is InChI=1S/C16H20N2O2/c1-3-11(4-2)18-13-7-5-6-12(16(19)20)14(13)17-15(18)10-8-9-10/h5-7,10-11H,3-4,8-9H2,1-2H3,(H,19,20). The van der Waals surface area contributed by atoms with Gasteiger partial charge in [-0.3, -0.25) is 0 Å². The molecule has 4 nitrogen and oxygen atoms in total. The van der Waals surface area contributed by atoms with Gasteiger partial charge in [-0.15, -0.1) is 0 Å². The Morgan fingerprint density at radius 2 is 2.10 bits per heavy atom. The highest BCUT2D eigenvalue weighted by Gasteiger charge is 2.32. The van der Waals surface area contributed by atoms with Crippen LogP contribution in [0.4, 0.5) is 0 Å². The van der Waals surface area contributed by atoms with Crippen LogP contribution in [0.2, 0.25) is 0 Å². The van der Waals surface area contributed by atoms with Gasteiger partial charge in [0.15, 0.2) is 0 Å². The van der Waals surface area contributed by atoms with Gasteiger partial charge in [0.25, 0.3) is 0 Å². The number of aromatic nitrogens is 2. The van der Waals surface area contributed by atoms with Gasteiger partial charge in [0.05, 0.1) is 11.1 Å². The zero-order valence-corrected chi connectivity index (χ0v) is 12.0. The monoisotopic (exact) mass is 272 g/mol. The molecule has 2 aromatic rings. The minimum atomic E-state index is -0.896. The molecule has 0 saturated heterocycles. The van der Waals surface area contributed by atoms with Crippen molar-refractivity contribution in [2.24, 2.45) is 0 Å². The smallest absolute Gasteiger partial charge is 0.337 e. The number of hydrogen-bond acceptors (Lipinski definition) is 2. The van der Waals surface area contributed by atoms with Gasteiger partial charge in [-0.2, -0.15) is 0 Å². The Morgan fingerprint density at radius 3 is 2.65 bits per heavy atom. The van der Waals surface area contributed by atoms with Crippen molar-refractivity contribution in [1.29, 1.82) is 0 Å². The second kappa shape index (κ2) is 4.93. The summed E-state index contributed by atoms with van der Waals surface area (Å²) in [7, 11) is 0. The van der Waals surface area contributed by atoms with Crippen molar-refractivity contribution >= 4 is 17.0 Å². The summed E-state index contributed by atoms with van der Waals surface area (Å²) in [6, 6.07) is 5.87. The molecular formula is C16H20N2O2. The summed E-state index contributed by atoms with van der Waals surface area (Å²) in [4.78, 5) is 16.1. The lowest BCUT2D eigenvalue weighted by Gasteiger charge is -2.18. The van der Waals surface area contributed by atoms with Crippen LogP contribution in [0.5, 0.6) is 0 Å². The van der Waals surface area contributed by atoms with Gasteiger partial charge in [0.2, 0.25) is 0 Å². The molecule has 0 unspecified atom stereocenters. The third-order valence-corrected chi connectivity index (χ3v) is 4.23.